The van der Waals surface area contributed by atoms with Crippen molar-refractivity contribution in [1.82, 2.24) is 0 Å². The number of nitrogens with two attached hydrogens (primary N) is 1. The zero-order chi connectivity index (χ0) is 11.0. The minimum atomic E-state index is -0.387. The molecular weight excluding hydrogens is 260 g/mol. The second-order valence-corrected chi connectivity index (χ2v) is 4.66. The van der Waals surface area contributed by atoms with Crippen LogP contribution in [-0.4, -0.2) is 11.5 Å². The van der Waals surface area contributed by atoms with Crippen LogP contribution in [0.5, 0.6) is 0 Å². The number of hydrogen-bond acceptors (Lipinski definition) is 3. The SMILES string of the molecule is NC[C@@H]1C[C@H]1c1ccc([N+](=O)[O-])cc1Br. The van der Waals surface area contributed by atoms with E-state index in [0.29, 0.717) is 18.4 Å². The minimum Gasteiger partial charge on any atom is -0.330 e. The molecule has 1 saturated carbocycles. The Hall–Kier alpha value is -0.940. The third-order valence-corrected chi connectivity index (χ3v) is 3.51. The van der Waals surface area contributed by atoms with Crippen LogP contribution in [0, 0.1) is 16.0 Å². The van der Waals surface area contributed by atoms with Crippen LogP contribution < -0.4 is 5.73 Å². The molecule has 0 aliphatic heterocycles. The quantitative estimate of drug-likeness (QED) is 0.678. The van der Waals surface area contributed by atoms with Gasteiger partial charge in [-0.25, -0.2) is 0 Å². The first-order valence-corrected chi connectivity index (χ1v) is 5.56. The summed E-state index contributed by atoms with van der Waals surface area (Å²) in [6.45, 7) is 0.689. The normalized spacial score (nSPS) is 23.9. The number of nitro groups is 1. The topological polar surface area (TPSA) is 69.2 Å². The fourth-order valence-electron chi connectivity index (χ4n) is 1.82. The summed E-state index contributed by atoms with van der Waals surface area (Å²) in [5.41, 5.74) is 6.82. The second kappa shape index (κ2) is 3.90. The van der Waals surface area contributed by atoms with Crippen LogP contribution in [-0.2, 0) is 0 Å². The highest BCUT2D eigenvalue weighted by atomic mass is 79.9. The van der Waals surface area contributed by atoms with Crippen LogP contribution >= 0.6 is 15.9 Å². The molecule has 1 aromatic rings. The van der Waals surface area contributed by atoms with Crippen molar-refractivity contribution in [3.63, 3.8) is 0 Å². The lowest BCUT2D eigenvalue weighted by molar-refractivity contribution is -0.384. The molecule has 0 saturated heterocycles. The van der Waals surface area contributed by atoms with Gasteiger partial charge in [0, 0.05) is 16.6 Å². The van der Waals surface area contributed by atoms with E-state index in [9.17, 15) is 10.1 Å². The third kappa shape index (κ3) is 2.03. The van der Waals surface area contributed by atoms with Crippen molar-refractivity contribution in [1.29, 1.82) is 0 Å². The molecular formula is C10H11BrN2O2. The number of nitrogens with zero attached hydrogens (tertiary/aromatic N) is 1. The maximum atomic E-state index is 10.5. The van der Waals surface area contributed by atoms with Crippen molar-refractivity contribution in [3.05, 3.63) is 38.3 Å². The van der Waals surface area contributed by atoms with Crippen molar-refractivity contribution in [2.45, 2.75) is 12.3 Å². The average molecular weight is 271 g/mol. The van der Waals surface area contributed by atoms with Crippen LogP contribution in [0.3, 0.4) is 0 Å². The lowest BCUT2D eigenvalue weighted by Crippen LogP contribution is -2.02. The first-order chi connectivity index (χ1) is 7.13. The van der Waals surface area contributed by atoms with Gasteiger partial charge in [0.25, 0.3) is 5.69 Å². The van der Waals surface area contributed by atoms with E-state index in [1.165, 1.54) is 0 Å². The molecule has 0 radical (unpaired) electrons. The van der Waals surface area contributed by atoms with Gasteiger partial charge >= 0.3 is 0 Å². The number of hydrogen-bond donors (Lipinski definition) is 1. The molecule has 1 aliphatic carbocycles. The predicted molar refractivity (Wildman–Crippen MR) is 60.7 cm³/mol. The first kappa shape index (κ1) is 10.6. The lowest BCUT2D eigenvalue weighted by atomic mass is 10.1. The molecule has 2 N–H and O–H groups in total. The summed E-state index contributed by atoms with van der Waals surface area (Å²) >= 11 is 3.37. The Labute approximate surface area is 95.7 Å². The van der Waals surface area contributed by atoms with Gasteiger partial charge in [-0.05, 0) is 30.4 Å². The molecule has 0 aromatic heterocycles. The molecule has 1 aromatic carbocycles. The van der Waals surface area contributed by atoms with Crippen LogP contribution in [0.1, 0.15) is 17.9 Å². The van der Waals surface area contributed by atoms with Gasteiger partial charge in [-0.1, -0.05) is 22.0 Å². The maximum Gasteiger partial charge on any atom is 0.270 e. The Balaban J connectivity index is 2.24. The summed E-state index contributed by atoms with van der Waals surface area (Å²) in [6.07, 6.45) is 1.09. The third-order valence-electron chi connectivity index (χ3n) is 2.82. The molecule has 0 spiro atoms. The molecule has 0 amide bonds. The van der Waals surface area contributed by atoms with Crippen molar-refractivity contribution in [2.75, 3.05) is 6.54 Å². The Morgan fingerprint density at radius 2 is 2.33 bits per heavy atom. The highest BCUT2D eigenvalue weighted by Gasteiger charge is 2.38. The monoisotopic (exact) mass is 270 g/mol. The minimum absolute atomic E-state index is 0.121. The van der Waals surface area contributed by atoms with Crippen LogP contribution in [0.4, 0.5) is 5.69 Å². The van der Waals surface area contributed by atoms with E-state index in [-0.39, 0.29) is 10.6 Å². The summed E-state index contributed by atoms with van der Waals surface area (Å²) < 4.78 is 0.817. The number of rotatable bonds is 3. The number of non-ortho nitro benzene ring substituents is 1. The highest BCUT2D eigenvalue weighted by Crippen LogP contribution is 2.49. The number of halogens is 1. The number of nitro benzene ring substituents is 1. The Morgan fingerprint density at radius 3 is 2.80 bits per heavy atom. The zero-order valence-corrected chi connectivity index (χ0v) is 9.61. The summed E-state index contributed by atoms with van der Waals surface area (Å²) in [7, 11) is 0. The molecule has 5 heteroatoms. The van der Waals surface area contributed by atoms with Gasteiger partial charge in [0.1, 0.15) is 0 Å². The Kier molecular flexibility index (Phi) is 2.75. The second-order valence-electron chi connectivity index (χ2n) is 3.80. The van der Waals surface area contributed by atoms with Crippen LogP contribution in [0.25, 0.3) is 0 Å². The molecule has 15 heavy (non-hydrogen) atoms. The molecule has 1 fully saturated rings. The van der Waals surface area contributed by atoms with Gasteiger partial charge in [0.15, 0.2) is 0 Å². The maximum absolute atomic E-state index is 10.5. The van der Waals surface area contributed by atoms with Gasteiger partial charge in [0.2, 0.25) is 0 Å². The van der Waals surface area contributed by atoms with E-state index in [2.05, 4.69) is 15.9 Å². The molecule has 2 rings (SSSR count). The fraction of sp³-hybridized carbons (Fsp3) is 0.400. The summed E-state index contributed by atoms with van der Waals surface area (Å²) in [5.74, 6) is 1.02. The van der Waals surface area contributed by atoms with Crippen molar-refractivity contribution < 1.29 is 4.92 Å². The van der Waals surface area contributed by atoms with Gasteiger partial charge < -0.3 is 5.73 Å². The standard InChI is InChI=1S/C10H11BrN2O2/c11-10-4-7(13(14)15)1-2-8(10)9-3-6(9)5-12/h1-2,4,6,9H,3,5,12H2/t6-,9+/m0/s1. The smallest absolute Gasteiger partial charge is 0.270 e. The van der Waals surface area contributed by atoms with Crippen molar-refractivity contribution >= 4 is 21.6 Å². The molecule has 2 atom stereocenters. The average Bonchev–Trinajstić information content (AvgIpc) is 2.96. The van der Waals surface area contributed by atoms with Crippen LogP contribution in [0.2, 0.25) is 0 Å². The fourth-order valence-corrected chi connectivity index (χ4v) is 2.48. The zero-order valence-electron chi connectivity index (χ0n) is 8.02. The molecule has 0 heterocycles. The van der Waals surface area contributed by atoms with E-state index in [0.717, 1.165) is 16.5 Å². The Bertz CT molecular complexity index is 408. The highest BCUT2D eigenvalue weighted by molar-refractivity contribution is 9.10. The summed E-state index contributed by atoms with van der Waals surface area (Å²) in [4.78, 5) is 10.1. The van der Waals surface area contributed by atoms with Gasteiger partial charge in [-0.15, -0.1) is 0 Å². The molecule has 4 nitrogen and oxygen atoms in total. The van der Waals surface area contributed by atoms with E-state index >= 15 is 0 Å². The summed E-state index contributed by atoms with van der Waals surface area (Å²) in [6, 6.07) is 4.93. The number of benzene rings is 1. The molecule has 80 valence electrons. The van der Waals surface area contributed by atoms with Gasteiger partial charge in [0.05, 0.1) is 4.92 Å². The largest absolute Gasteiger partial charge is 0.330 e. The van der Waals surface area contributed by atoms with E-state index in [4.69, 9.17) is 5.73 Å². The predicted octanol–water partition coefficient (Wildman–Crippen LogP) is 2.42. The molecule has 1 aliphatic rings. The van der Waals surface area contributed by atoms with Crippen molar-refractivity contribution in [2.24, 2.45) is 11.7 Å². The lowest BCUT2D eigenvalue weighted by Gasteiger charge is -2.02. The van der Waals surface area contributed by atoms with E-state index in [1.807, 2.05) is 6.07 Å². The van der Waals surface area contributed by atoms with E-state index in [1.54, 1.807) is 12.1 Å². The molecule has 0 bridgehead atoms. The van der Waals surface area contributed by atoms with E-state index < -0.39 is 0 Å². The molecule has 0 unspecified atom stereocenters. The van der Waals surface area contributed by atoms with Gasteiger partial charge in [-0.3, -0.25) is 10.1 Å². The van der Waals surface area contributed by atoms with Crippen molar-refractivity contribution in [3.8, 4) is 0 Å². The summed E-state index contributed by atoms with van der Waals surface area (Å²) in [5, 5.41) is 10.5. The van der Waals surface area contributed by atoms with Gasteiger partial charge in [-0.2, -0.15) is 0 Å². The Morgan fingerprint density at radius 1 is 1.60 bits per heavy atom. The van der Waals surface area contributed by atoms with Crippen LogP contribution in [0.15, 0.2) is 22.7 Å². The first-order valence-electron chi connectivity index (χ1n) is 4.77.